The lowest BCUT2D eigenvalue weighted by Gasteiger charge is -2.38. The number of nitrogens with one attached hydrogen (secondary N) is 2. The minimum absolute atomic E-state index is 0.0333. The summed E-state index contributed by atoms with van der Waals surface area (Å²) in [7, 11) is -1.13. The van der Waals surface area contributed by atoms with Gasteiger partial charge in [-0.3, -0.25) is 23.3 Å². The van der Waals surface area contributed by atoms with Crippen LogP contribution >= 0.6 is 7.82 Å². The Labute approximate surface area is 273 Å². The minimum atomic E-state index is -4.20. The average Bonchev–Trinajstić information content (AvgIpc) is 2.93. The number of aryl methyl sites for hydroxylation is 1. The highest BCUT2D eigenvalue weighted by Gasteiger charge is 2.44. The van der Waals surface area contributed by atoms with Crippen molar-refractivity contribution in [3.05, 3.63) is 41.8 Å². The van der Waals surface area contributed by atoms with Crippen LogP contribution in [0.15, 0.2) is 30.5 Å². The number of phosphoric acid groups is 1. The van der Waals surface area contributed by atoms with Gasteiger partial charge in [0.05, 0.1) is 31.6 Å². The number of methoxy groups -OCH3 is 2. The molecule has 47 heavy (non-hydrogen) atoms. The summed E-state index contributed by atoms with van der Waals surface area (Å²) in [5.74, 6) is 0.0680. The molecule has 0 spiro atoms. The average molecular weight is 677 g/mol. The number of benzene rings is 1. The topological polar surface area (TPSA) is 155 Å². The molecule has 0 atom stereocenters. The largest absolute Gasteiger partial charge is 0.493 e. The van der Waals surface area contributed by atoms with Crippen LogP contribution in [-0.4, -0.2) is 58.6 Å². The molecule has 1 amide bonds. The number of phosphoric ester groups is 1. The predicted molar refractivity (Wildman–Crippen MR) is 175 cm³/mol. The number of fused-ring (bicyclic) bond motifs is 1. The molecule has 14 nitrogen and oxygen atoms in total. The van der Waals surface area contributed by atoms with Gasteiger partial charge in [0.15, 0.2) is 40.3 Å². The minimum Gasteiger partial charge on any atom is -0.493 e. The third kappa shape index (κ3) is 8.86. The van der Waals surface area contributed by atoms with Gasteiger partial charge >= 0.3 is 7.82 Å². The number of pyridine rings is 1. The standard InChI is InChI=1S/C31H42FN6O8P/c1-18-14-19(15-22(41-10)24(18)42-11)34-28-33-16-20(32)25(37-28)35-23-13-12-21-26(36-23)38(27(39)31(8,9)44-21)17-43-47(40,45-29(2,3)4)46-30(5,6)7/h12-16H,17H2,1-11H3,(H2,33,34,35,36,37). The van der Waals surface area contributed by atoms with Gasteiger partial charge < -0.3 is 24.8 Å². The molecule has 0 saturated heterocycles. The molecule has 0 unspecified atom stereocenters. The Morgan fingerprint density at radius 3 is 2.26 bits per heavy atom. The van der Waals surface area contributed by atoms with E-state index in [4.69, 9.17) is 27.8 Å². The number of rotatable bonds is 11. The van der Waals surface area contributed by atoms with E-state index in [-0.39, 0.29) is 29.2 Å². The Bertz CT molecular complexity index is 1670. The number of anilines is 5. The van der Waals surface area contributed by atoms with Gasteiger partial charge in [-0.05, 0) is 86.1 Å². The monoisotopic (exact) mass is 676 g/mol. The van der Waals surface area contributed by atoms with Gasteiger partial charge in [0.25, 0.3) is 5.91 Å². The zero-order chi connectivity index (χ0) is 34.9. The first-order chi connectivity index (χ1) is 21.7. The molecule has 0 saturated carbocycles. The van der Waals surface area contributed by atoms with E-state index in [1.807, 2.05) is 6.92 Å². The first-order valence-corrected chi connectivity index (χ1v) is 16.2. The van der Waals surface area contributed by atoms with Crippen molar-refractivity contribution in [3.8, 4) is 17.2 Å². The summed E-state index contributed by atoms with van der Waals surface area (Å²) in [5, 5.41) is 5.87. The summed E-state index contributed by atoms with van der Waals surface area (Å²) in [6.45, 7) is 14.7. The lowest BCUT2D eigenvalue weighted by atomic mass is 10.1. The van der Waals surface area contributed by atoms with Gasteiger partial charge in [0.2, 0.25) is 5.95 Å². The number of ether oxygens (including phenoxy) is 3. The molecule has 4 rings (SSSR count). The van der Waals surface area contributed by atoms with Gasteiger partial charge in [0, 0.05) is 11.8 Å². The predicted octanol–water partition coefficient (Wildman–Crippen LogP) is 7.04. The van der Waals surface area contributed by atoms with Crippen molar-refractivity contribution in [2.24, 2.45) is 0 Å². The number of amides is 1. The van der Waals surface area contributed by atoms with Crippen LogP contribution in [0.3, 0.4) is 0 Å². The van der Waals surface area contributed by atoms with E-state index in [1.165, 1.54) is 13.2 Å². The number of carbonyl (C=O) groups is 1. The van der Waals surface area contributed by atoms with Crippen molar-refractivity contribution >= 4 is 42.8 Å². The molecule has 16 heteroatoms. The lowest BCUT2D eigenvalue weighted by molar-refractivity contribution is -0.133. The molecular weight excluding hydrogens is 634 g/mol. The first kappa shape index (κ1) is 35.8. The number of aromatic nitrogens is 3. The number of carbonyl (C=O) groups excluding carboxylic acids is 1. The van der Waals surface area contributed by atoms with Gasteiger partial charge in [-0.25, -0.2) is 18.9 Å². The van der Waals surface area contributed by atoms with Crippen LogP contribution in [0.2, 0.25) is 0 Å². The second kappa shape index (κ2) is 13.2. The number of halogens is 1. The fraction of sp³-hybridized carbons (Fsp3) is 0.484. The SMILES string of the molecule is COc1cc(Nc2ncc(F)c(Nc3ccc4c(n3)N(COP(=O)(OC(C)(C)C)OC(C)(C)C)C(=O)C(C)(C)O4)n2)cc(C)c1OC. The van der Waals surface area contributed by atoms with Crippen LogP contribution in [0.25, 0.3) is 0 Å². The van der Waals surface area contributed by atoms with E-state index in [9.17, 15) is 13.8 Å². The second-order valence-corrected chi connectivity index (χ2v) is 14.7. The molecule has 0 radical (unpaired) electrons. The Balaban J connectivity index is 1.63. The second-order valence-electron chi connectivity index (χ2n) is 13.1. The normalized spacial score (nSPS) is 14.7. The maximum atomic E-state index is 14.9. The van der Waals surface area contributed by atoms with Gasteiger partial charge in [0.1, 0.15) is 12.5 Å². The summed E-state index contributed by atoms with van der Waals surface area (Å²) in [4.78, 5) is 27.5. The fourth-order valence-corrected chi connectivity index (χ4v) is 6.24. The van der Waals surface area contributed by atoms with Crippen LogP contribution in [0.1, 0.15) is 61.0 Å². The quantitative estimate of drug-likeness (QED) is 0.200. The van der Waals surface area contributed by atoms with Crippen molar-refractivity contribution in [2.45, 2.75) is 79.1 Å². The summed E-state index contributed by atoms with van der Waals surface area (Å²) in [6.07, 6.45) is 1.00. The van der Waals surface area contributed by atoms with E-state index in [0.717, 1.165) is 16.7 Å². The zero-order valence-electron chi connectivity index (χ0n) is 28.5. The highest BCUT2D eigenvalue weighted by atomic mass is 31.2. The van der Waals surface area contributed by atoms with Crippen LogP contribution in [0.5, 0.6) is 17.2 Å². The van der Waals surface area contributed by atoms with Crippen molar-refractivity contribution < 1.29 is 41.5 Å². The summed E-state index contributed by atoms with van der Waals surface area (Å²) >= 11 is 0. The highest BCUT2D eigenvalue weighted by molar-refractivity contribution is 7.48. The molecule has 1 aliphatic rings. The number of hydrogen-bond donors (Lipinski definition) is 2. The smallest absolute Gasteiger partial charge is 0.477 e. The van der Waals surface area contributed by atoms with E-state index in [2.05, 4.69) is 25.6 Å². The Kier molecular flexibility index (Phi) is 10.1. The maximum absolute atomic E-state index is 14.9. The first-order valence-electron chi connectivity index (χ1n) is 14.7. The molecule has 3 heterocycles. The Hall–Kier alpha value is -4.04. The Morgan fingerprint density at radius 2 is 1.66 bits per heavy atom. The molecule has 0 bridgehead atoms. The summed E-state index contributed by atoms with van der Waals surface area (Å²) in [6, 6.07) is 6.60. The van der Waals surface area contributed by atoms with E-state index in [1.54, 1.807) is 80.7 Å². The van der Waals surface area contributed by atoms with Crippen molar-refractivity contribution in [1.82, 2.24) is 15.0 Å². The van der Waals surface area contributed by atoms with Crippen molar-refractivity contribution in [1.29, 1.82) is 0 Å². The van der Waals surface area contributed by atoms with Crippen molar-refractivity contribution in [3.63, 3.8) is 0 Å². The molecule has 256 valence electrons. The Morgan fingerprint density at radius 1 is 1.00 bits per heavy atom. The molecule has 2 N–H and O–H groups in total. The number of nitrogens with zero attached hydrogens (tertiary/aromatic N) is 4. The molecular formula is C31H42FN6O8P. The number of hydrogen-bond acceptors (Lipinski definition) is 13. The molecule has 2 aromatic heterocycles. The van der Waals surface area contributed by atoms with E-state index < -0.39 is 43.1 Å². The fourth-order valence-electron chi connectivity index (χ4n) is 4.50. The van der Waals surface area contributed by atoms with Crippen LogP contribution < -0.4 is 29.7 Å². The van der Waals surface area contributed by atoms with E-state index in [0.29, 0.717) is 17.2 Å². The highest BCUT2D eigenvalue weighted by Crippen LogP contribution is 2.56. The molecule has 0 fully saturated rings. The van der Waals surface area contributed by atoms with Crippen LogP contribution in [-0.2, 0) is 22.9 Å². The third-order valence-corrected chi connectivity index (χ3v) is 8.22. The van der Waals surface area contributed by atoms with Crippen molar-refractivity contribution in [2.75, 3.05) is 36.5 Å². The molecule has 3 aromatic rings. The van der Waals surface area contributed by atoms with Gasteiger partial charge in [-0.2, -0.15) is 4.98 Å². The third-order valence-electron chi connectivity index (χ3n) is 6.25. The van der Waals surface area contributed by atoms with Gasteiger partial charge in [-0.15, -0.1) is 0 Å². The lowest BCUT2D eigenvalue weighted by Crippen LogP contribution is -2.53. The van der Waals surface area contributed by atoms with Crippen LogP contribution in [0, 0.1) is 12.7 Å². The van der Waals surface area contributed by atoms with Gasteiger partial charge in [-0.1, -0.05) is 0 Å². The molecule has 0 aliphatic carbocycles. The molecule has 1 aliphatic heterocycles. The summed E-state index contributed by atoms with van der Waals surface area (Å²) < 4.78 is 62.5. The van der Waals surface area contributed by atoms with E-state index >= 15 is 0 Å². The van der Waals surface area contributed by atoms with Crippen LogP contribution in [0.4, 0.5) is 33.5 Å². The maximum Gasteiger partial charge on any atom is 0.477 e. The summed E-state index contributed by atoms with van der Waals surface area (Å²) in [5.41, 5.74) is -1.71. The zero-order valence-corrected chi connectivity index (χ0v) is 29.4. The molecule has 1 aromatic carbocycles.